The molecule has 0 saturated heterocycles. The fourth-order valence-corrected chi connectivity index (χ4v) is 2.63. The highest BCUT2D eigenvalue weighted by atomic mass is 16.5. The summed E-state index contributed by atoms with van der Waals surface area (Å²) in [5.74, 6) is 2.28. The Kier molecular flexibility index (Phi) is 5.95. The fourth-order valence-electron chi connectivity index (χ4n) is 2.63. The van der Waals surface area contributed by atoms with Gasteiger partial charge in [0.25, 0.3) is 0 Å². The normalized spacial score (nSPS) is 10.4. The molecule has 1 aromatic heterocycles. The van der Waals surface area contributed by atoms with Crippen LogP contribution in [0.2, 0.25) is 0 Å². The number of anilines is 1. The van der Waals surface area contributed by atoms with E-state index in [9.17, 15) is 4.79 Å². The molecule has 4 aromatic rings. The van der Waals surface area contributed by atoms with Crippen molar-refractivity contribution in [2.24, 2.45) is 0 Å². The molecule has 0 bridgehead atoms. The average Bonchev–Trinajstić information content (AvgIpc) is 3.22. The molecule has 0 aliphatic carbocycles. The van der Waals surface area contributed by atoms with Crippen LogP contribution in [0.5, 0.6) is 17.2 Å². The SMILES string of the molecule is O=C(Cn1nnc(COc2ccccc2)n1)Nc1ccc(Oc2ccccc2)cc1. The molecule has 4 rings (SSSR count). The number of para-hydroxylation sites is 2. The molecule has 1 N–H and O–H groups in total. The third kappa shape index (κ3) is 5.41. The molecular formula is C22H19N5O3. The van der Waals surface area contributed by atoms with Gasteiger partial charge in [-0.2, -0.15) is 4.80 Å². The number of ether oxygens (including phenoxy) is 2. The predicted molar refractivity (Wildman–Crippen MR) is 110 cm³/mol. The van der Waals surface area contributed by atoms with E-state index in [-0.39, 0.29) is 19.1 Å². The molecule has 150 valence electrons. The molecule has 0 aliphatic heterocycles. The summed E-state index contributed by atoms with van der Waals surface area (Å²) >= 11 is 0. The number of nitrogens with one attached hydrogen (secondary N) is 1. The van der Waals surface area contributed by atoms with Gasteiger partial charge in [0.05, 0.1) is 0 Å². The van der Waals surface area contributed by atoms with Gasteiger partial charge >= 0.3 is 0 Å². The zero-order valence-corrected chi connectivity index (χ0v) is 16.0. The smallest absolute Gasteiger partial charge is 0.248 e. The molecule has 1 heterocycles. The van der Waals surface area contributed by atoms with Crippen LogP contribution in [-0.2, 0) is 17.9 Å². The lowest BCUT2D eigenvalue weighted by molar-refractivity contribution is -0.117. The highest BCUT2D eigenvalue weighted by Crippen LogP contribution is 2.22. The molecule has 0 saturated carbocycles. The Balaban J connectivity index is 1.27. The second kappa shape index (κ2) is 9.33. The summed E-state index contributed by atoms with van der Waals surface area (Å²) in [5.41, 5.74) is 0.646. The molecule has 0 radical (unpaired) electrons. The van der Waals surface area contributed by atoms with Crippen molar-refractivity contribution in [3.05, 3.63) is 90.8 Å². The first-order chi connectivity index (χ1) is 14.7. The summed E-state index contributed by atoms with van der Waals surface area (Å²) in [5, 5.41) is 14.7. The Bertz CT molecular complexity index is 1080. The molecule has 30 heavy (non-hydrogen) atoms. The average molecular weight is 401 g/mol. The van der Waals surface area contributed by atoms with E-state index in [0.29, 0.717) is 23.0 Å². The zero-order valence-electron chi connectivity index (χ0n) is 16.0. The second-order valence-corrected chi connectivity index (χ2v) is 6.33. The molecule has 8 heteroatoms. The number of carbonyl (C=O) groups is 1. The van der Waals surface area contributed by atoms with Crippen LogP contribution in [0.4, 0.5) is 5.69 Å². The van der Waals surface area contributed by atoms with Crippen LogP contribution in [0.15, 0.2) is 84.9 Å². The van der Waals surface area contributed by atoms with E-state index >= 15 is 0 Å². The summed E-state index contributed by atoms with van der Waals surface area (Å²) < 4.78 is 11.3. The number of carbonyl (C=O) groups excluding carboxylic acids is 1. The van der Waals surface area contributed by atoms with E-state index in [1.165, 1.54) is 4.80 Å². The Morgan fingerprint density at radius 2 is 1.47 bits per heavy atom. The monoisotopic (exact) mass is 401 g/mol. The van der Waals surface area contributed by atoms with Crippen LogP contribution in [0.1, 0.15) is 5.82 Å². The lowest BCUT2D eigenvalue weighted by atomic mass is 10.3. The van der Waals surface area contributed by atoms with Crippen LogP contribution >= 0.6 is 0 Å². The quantitative estimate of drug-likeness (QED) is 0.484. The topological polar surface area (TPSA) is 91.2 Å². The van der Waals surface area contributed by atoms with Crippen molar-refractivity contribution < 1.29 is 14.3 Å². The van der Waals surface area contributed by atoms with Crippen LogP contribution in [-0.4, -0.2) is 26.1 Å². The minimum Gasteiger partial charge on any atom is -0.485 e. The van der Waals surface area contributed by atoms with Crippen LogP contribution < -0.4 is 14.8 Å². The Hall–Kier alpha value is -4.20. The van der Waals surface area contributed by atoms with E-state index in [0.717, 1.165) is 5.75 Å². The predicted octanol–water partition coefficient (Wildman–Crippen LogP) is 3.68. The van der Waals surface area contributed by atoms with E-state index < -0.39 is 0 Å². The maximum Gasteiger partial charge on any atom is 0.248 e. The molecule has 0 aliphatic rings. The molecule has 0 atom stereocenters. The maximum atomic E-state index is 12.2. The Morgan fingerprint density at radius 1 is 0.833 bits per heavy atom. The summed E-state index contributed by atoms with van der Waals surface area (Å²) in [7, 11) is 0. The summed E-state index contributed by atoms with van der Waals surface area (Å²) in [6.07, 6.45) is 0. The van der Waals surface area contributed by atoms with Crippen molar-refractivity contribution in [3.63, 3.8) is 0 Å². The van der Waals surface area contributed by atoms with Gasteiger partial charge in [-0.25, -0.2) is 0 Å². The highest BCUT2D eigenvalue weighted by Gasteiger charge is 2.09. The number of amides is 1. The lowest BCUT2D eigenvalue weighted by Crippen LogP contribution is -2.20. The van der Waals surface area contributed by atoms with E-state index in [1.54, 1.807) is 24.3 Å². The first kappa shape index (κ1) is 19.1. The van der Waals surface area contributed by atoms with E-state index in [4.69, 9.17) is 9.47 Å². The van der Waals surface area contributed by atoms with Crippen molar-refractivity contribution in [2.75, 3.05) is 5.32 Å². The largest absolute Gasteiger partial charge is 0.485 e. The third-order valence-electron chi connectivity index (χ3n) is 4.01. The van der Waals surface area contributed by atoms with Crippen molar-refractivity contribution >= 4 is 11.6 Å². The van der Waals surface area contributed by atoms with Crippen molar-refractivity contribution in [1.29, 1.82) is 0 Å². The first-order valence-corrected chi connectivity index (χ1v) is 9.32. The Morgan fingerprint density at radius 3 is 2.17 bits per heavy atom. The number of hydrogen-bond donors (Lipinski definition) is 1. The van der Waals surface area contributed by atoms with Gasteiger partial charge < -0.3 is 14.8 Å². The van der Waals surface area contributed by atoms with Crippen LogP contribution in [0.25, 0.3) is 0 Å². The standard InChI is InChI=1S/C22H19N5O3/c28-22(15-27-25-21(24-26-27)16-29-18-7-3-1-4-8-18)23-17-11-13-20(14-12-17)30-19-9-5-2-6-10-19/h1-14H,15-16H2,(H,23,28). The summed E-state index contributed by atoms with van der Waals surface area (Å²) in [6, 6.07) is 25.9. The van der Waals surface area contributed by atoms with Crippen LogP contribution in [0, 0.1) is 0 Å². The van der Waals surface area contributed by atoms with Gasteiger partial charge in [-0.1, -0.05) is 36.4 Å². The maximum absolute atomic E-state index is 12.2. The third-order valence-corrected chi connectivity index (χ3v) is 4.01. The molecule has 8 nitrogen and oxygen atoms in total. The van der Waals surface area contributed by atoms with Gasteiger partial charge in [0, 0.05) is 5.69 Å². The minimum absolute atomic E-state index is 0.0550. The second-order valence-electron chi connectivity index (χ2n) is 6.33. The van der Waals surface area contributed by atoms with Gasteiger partial charge in [0.1, 0.15) is 23.8 Å². The number of nitrogens with zero attached hydrogens (tertiary/aromatic N) is 4. The molecule has 3 aromatic carbocycles. The van der Waals surface area contributed by atoms with E-state index in [2.05, 4.69) is 20.7 Å². The fraction of sp³-hybridized carbons (Fsp3) is 0.0909. The molecule has 1 amide bonds. The summed E-state index contributed by atoms with van der Waals surface area (Å²) in [4.78, 5) is 13.5. The summed E-state index contributed by atoms with van der Waals surface area (Å²) in [6.45, 7) is 0.120. The molecule has 0 fully saturated rings. The lowest BCUT2D eigenvalue weighted by Gasteiger charge is -2.07. The number of rotatable bonds is 8. The van der Waals surface area contributed by atoms with Crippen molar-refractivity contribution in [2.45, 2.75) is 13.2 Å². The number of benzene rings is 3. The molecular weight excluding hydrogens is 382 g/mol. The zero-order chi connectivity index (χ0) is 20.6. The highest BCUT2D eigenvalue weighted by molar-refractivity contribution is 5.90. The van der Waals surface area contributed by atoms with Gasteiger partial charge in [0.2, 0.25) is 11.7 Å². The molecule has 0 spiro atoms. The van der Waals surface area contributed by atoms with Crippen LogP contribution in [0.3, 0.4) is 0 Å². The first-order valence-electron chi connectivity index (χ1n) is 9.32. The van der Waals surface area contributed by atoms with Gasteiger partial charge in [-0.3, -0.25) is 4.79 Å². The van der Waals surface area contributed by atoms with Crippen molar-refractivity contribution in [1.82, 2.24) is 20.2 Å². The molecule has 0 unspecified atom stereocenters. The van der Waals surface area contributed by atoms with Gasteiger partial charge in [-0.15, -0.1) is 10.2 Å². The van der Waals surface area contributed by atoms with Crippen molar-refractivity contribution in [3.8, 4) is 17.2 Å². The Labute approximate surface area is 173 Å². The number of aromatic nitrogens is 4. The number of tetrazole rings is 1. The van der Waals surface area contributed by atoms with Gasteiger partial charge in [0.15, 0.2) is 6.61 Å². The van der Waals surface area contributed by atoms with E-state index in [1.807, 2.05) is 60.7 Å². The minimum atomic E-state index is -0.264. The number of hydrogen-bond acceptors (Lipinski definition) is 6. The van der Waals surface area contributed by atoms with Gasteiger partial charge in [-0.05, 0) is 53.7 Å².